The van der Waals surface area contributed by atoms with Crippen molar-refractivity contribution in [3.63, 3.8) is 0 Å². The lowest BCUT2D eigenvalue weighted by molar-refractivity contribution is 0.628. The second-order valence-electron chi connectivity index (χ2n) is 4.57. The highest BCUT2D eigenvalue weighted by Gasteiger charge is 2.26. The van der Waals surface area contributed by atoms with E-state index in [0.29, 0.717) is 11.5 Å². The maximum absolute atomic E-state index is 12.8. The molecule has 0 unspecified atom stereocenters. The highest BCUT2D eigenvalue weighted by Crippen LogP contribution is 2.40. The van der Waals surface area contributed by atoms with Gasteiger partial charge in [0.1, 0.15) is 16.9 Å². The van der Waals surface area contributed by atoms with Crippen molar-refractivity contribution in [1.29, 1.82) is 5.26 Å². The lowest BCUT2D eigenvalue weighted by atomic mass is 10.1. The maximum atomic E-state index is 12.8. The van der Waals surface area contributed by atoms with Crippen molar-refractivity contribution >= 4 is 23.0 Å². The smallest absolute Gasteiger partial charge is 0.134 e. The van der Waals surface area contributed by atoms with Crippen LogP contribution in [0.5, 0.6) is 0 Å². The number of rotatable bonds is 3. The minimum absolute atomic E-state index is 0.277. The van der Waals surface area contributed by atoms with Crippen LogP contribution in [-0.2, 0) is 0 Å². The monoisotopic (exact) mass is 270 g/mol. The van der Waals surface area contributed by atoms with Gasteiger partial charge in [0, 0.05) is 11.3 Å². The van der Waals surface area contributed by atoms with Crippen LogP contribution in [0.1, 0.15) is 35.0 Å². The Hall–Kier alpha value is -1.99. The normalized spacial score (nSPS) is 15.3. The molecular weight excluding hydrogens is 259 g/mol. The van der Waals surface area contributed by atoms with Crippen LogP contribution in [0.25, 0.3) is 11.6 Å². The average molecular weight is 270 g/mol. The van der Waals surface area contributed by atoms with Gasteiger partial charge >= 0.3 is 0 Å². The molecule has 0 saturated heterocycles. The van der Waals surface area contributed by atoms with Crippen molar-refractivity contribution < 1.29 is 4.39 Å². The molecular formula is C15H11FN2S. The number of nitriles is 1. The van der Waals surface area contributed by atoms with Gasteiger partial charge < -0.3 is 0 Å². The first-order chi connectivity index (χ1) is 9.26. The van der Waals surface area contributed by atoms with Crippen LogP contribution in [-0.4, -0.2) is 4.98 Å². The Balaban J connectivity index is 1.90. The maximum Gasteiger partial charge on any atom is 0.134 e. The second-order valence-corrected chi connectivity index (χ2v) is 5.43. The highest BCUT2D eigenvalue weighted by atomic mass is 32.1. The highest BCUT2D eigenvalue weighted by molar-refractivity contribution is 7.11. The Labute approximate surface area is 114 Å². The van der Waals surface area contributed by atoms with Gasteiger partial charge in [-0.1, -0.05) is 12.1 Å². The van der Waals surface area contributed by atoms with Crippen LogP contribution in [0, 0.1) is 17.1 Å². The van der Waals surface area contributed by atoms with Crippen LogP contribution in [0.2, 0.25) is 0 Å². The largest absolute Gasteiger partial charge is 0.240 e. The van der Waals surface area contributed by atoms with Crippen LogP contribution in [0.4, 0.5) is 4.39 Å². The van der Waals surface area contributed by atoms with Crippen molar-refractivity contribution in [2.45, 2.75) is 18.8 Å². The van der Waals surface area contributed by atoms with Gasteiger partial charge in [-0.2, -0.15) is 5.26 Å². The van der Waals surface area contributed by atoms with Gasteiger partial charge in [0.15, 0.2) is 0 Å². The fraction of sp³-hybridized carbons (Fsp3) is 0.200. The zero-order valence-corrected chi connectivity index (χ0v) is 11.0. The van der Waals surface area contributed by atoms with E-state index < -0.39 is 0 Å². The summed E-state index contributed by atoms with van der Waals surface area (Å²) in [6, 6.07) is 8.25. The molecule has 0 N–H and O–H groups in total. The predicted molar refractivity (Wildman–Crippen MR) is 74.0 cm³/mol. The minimum Gasteiger partial charge on any atom is -0.240 e. The van der Waals surface area contributed by atoms with Gasteiger partial charge in [-0.15, -0.1) is 11.3 Å². The lowest BCUT2D eigenvalue weighted by Crippen LogP contribution is -1.84. The molecule has 0 amide bonds. The quantitative estimate of drug-likeness (QED) is 0.783. The summed E-state index contributed by atoms with van der Waals surface area (Å²) in [5.41, 5.74) is 2.44. The third-order valence-corrected chi connectivity index (χ3v) is 3.94. The zero-order chi connectivity index (χ0) is 13.2. The second kappa shape index (κ2) is 4.94. The first-order valence-corrected chi connectivity index (χ1v) is 6.97. The van der Waals surface area contributed by atoms with Gasteiger partial charge in [-0.05, 0) is 36.6 Å². The summed E-state index contributed by atoms with van der Waals surface area (Å²) in [4.78, 5) is 4.51. The van der Waals surface area contributed by atoms with Crippen LogP contribution < -0.4 is 0 Å². The van der Waals surface area contributed by atoms with E-state index in [1.165, 1.54) is 36.3 Å². The molecule has 1 fully saturated rings. The zero-order valence-electron chi connectivity index (χ0n) is 10.1. The Morgan fingerprint density at radius 1 is 1.37 bits per heavy atom. The molecule has 4 heteroatoms. The van der Waals surface area contributed by atoms with Crippen LogP contribution in [0.15, 0.2) is 29.6 Å². The number of nitrogens with zero attached hydrogens (tertiary/aromatic N) is 2. The summed E-state index contributed by atoms with van der Waals surface area (Å²) in [7, 11) is 0. The molecule has 1 aliphatic rings. The number of hydrogen-bond acceptors (Lipinski definition) is 3. The fourth-order valence-corrected chi connectivity index (χ4v) is 2.71. The summed E-state index contributed by atoms with van der Waals surface area (Å²) in [5, 5.41) is 12.0. The van der Waals surface area contributed by atoms with Crippen molar-refractivity contribution in [3.05, 3.63) is 51.7 Å². The van der Waals surface area contributed by atoms with Gasteiger partial charge in [0.05, 0.1) is 11.3 Å². The standard InChI is InChI=1S/C15H11FN2S/c16-13-5-1-10(2-6-13)7-12(8-17)15-18-14(9-19-15)11-3-4-11/h1-2,5-7,9,11H,3-4H2/b12-7-. The molecule has 1 aliphatic carbocycles. The number of benzene rings is 1. The van der Waals surface area contributed by atoms with E-state index in [9.17, 15) is 9.65 Å². The molecule has 94 valence electrons. The Morgan fingerprint density at radius 3 is 2.74 bits per heavy atom. The molecule has 0 bridgehead atoms. The van der Waals surface area contributed by atoms with E-state index >= 15 is 0 Å². The van der Waals surface area contributed by atoms with E-state index in [1.54, 1.807) is 18.2 Å². The fourth-order valence-electron chi connectivity index (χ4n) is 1.84. The molecule has 0 atom stereocenters. The first kappa shape index (κ1) is 12.1. The number of allylic oxidation sites excluding steroid dienone is 1. The molecule has 1 saturated carbocycles. The van der Waals surface area contributed by atoms with Crippen molar-refractivity contribution in [3.8, 4) is 6.07 Å². The first-order valence-electron chi connectivity index (χ1n) is 6.09. The van der Waals surface area contributed by atoms with E-state index in [-0.39, 0.29) is 5.82 Å². The summed E-state index contributed by atoms with van der Waals surface area (Å²) < 4.78 is 12.8. The number of halogens is 1. The molecule has 1 aromatic heterocycles. The molecule has 19 heavy (non-hydrogen) atoms. The van der Waals surface area contributed by atoms with E-state index in [1.807, 2.05) is 5.38 Å². The molecule has 3 rings (SSSR count). The molecule has 0 spiro atoms. The molecule has 1 aromatic carbocycles. The predicted octanol–water partition coefficient (Wildman–Crippen LogP) is 4.22. The summed E-state index contributed by atoms with van der Waals surface area (Å²) in [5.74, 6) is 0.316. The van der Waals surface area contributed by atoms with Crippen molar-refractivity contribution in [1.82, 2.24) is 4.98 Å². The van der Waals surface area contributed by atoms with Crippen LogP contribution >= 0.6 is 11.3 Å². The summed E-state index contributed by atoms with van der Waals surface area (Å²) >= 11 is 1.50. The Morgan fingerprint density at radius 2 is 2.11 bits per heavy atom. The SMILES string of the molecule is N#C/C(=C/c1ccc(F)cc1)c1nc(C2CC2)cs1. The van der Waals surface area contributed by atoms with Gasteiger partial charge in [-0.3, -0.25) is 0 Å². The summed E-state index contributed by atoms with van der Waals surface area (Å²) in [6.07, 6.45) is 4.15. The van der Waals surface area contributed by atoms with Gasteiger partial charge in [0.2, 0.25) is 0 Å². The van der Waals surface area contributed by atoms with Crippen molar-refractivity contribution in [2.24, 2.45) is 0 Å². The molecule has 0 radical (unpaired) electrons. The molecule has 2 aromatic rings. The number of thiazole rings is 1. The molecule has 1 heterocycles. The topological polar surface area (TPSA) is 36.7 Å². The van der Waals surface area contributed by atoms with E-state index in [2.05, 4.69) is 11.1 Å². The Kier molecular flexibility index (Phi) is 3.14. The number of hydrogen-bond donors (Lipinski definition) is 0. The molecule has 0 aliphatic heterocycles. The lowest BCUT2D eigenvalue weighted by Gasteiger charge is -1.95. The van der Waals surface area contributed by atoms with Gasteiger partial charge in [0.25, 0.3) is 0 Å². The third-order valence-electron chi connectivity index (χ3n) is 3.05. The van der Waals surface area contributed by atoms with Gasteiger partial charge in [-0.25, -0.2) is 9.37 Å². The third kappa shape index (κ3) is 2.72. The Bertz CT molecular complexity index is 660. The number of aromatic nitrogens is 1. The van der Waals surface area contributed by atoms with Crippen molar-refractivity contribution in [2.75, 3.05) is 0 Å². The van der Waals surface area contributed by atoms with E-state index in [4.69, 9.17) is 0 Å². The molecule has 2 nitrogen and oxygen atoms in total. The average Bonchev–Trinajstić information content (AvgIpc) is 3.17. The summed E-state index contributed by atoms with van der Waals surface area (Å²) in [6.45, 7) is 0. The minimum atomic E-state index is -0.277. The van der Waals surface area contributed by atoms with E-state index in [0.717, 1.165) is 16.3 Å². The van der Waals surface area contributed by atoms with Crippen LogP contribution in [0.3, 0.4) is 0 Å².